The van der Waals surface area contributed by atoms with Gasteiger partial charge in [-0.3, -0.25) is 4.57 Å². The number of nitrogens with zero attached hydrogens (tertiary/aromatic N) is 4. The van der Waals surface area contributed by atoms with Gasteiger partial charge in [-0.25, -0.2) is 4.98 Å². The van der Waals surface area contributed by atoms with Crippen LogP contribution in [-0.2, 0) is 38.3 Å². The molecule has 0 fully saturated rings. The Kier molecular flexibility index (Phi) is 11.5. The largest absolute Gasteiger partial charge is 0.510 e. The molecule has 0 radical (unpaired) electrons. The maximum atomic E-state index is 6.62. The molecule has 10 rings (SSSR count). The van der Waals surface area contributed by atoms with Gasteiger partial charge < -0.3 is 13.9 Å². The number of hydrogen-bond acceptors (Lipinski definition) is 2. The fraction of sp³-hybridized carbons (Fsp3) is 0.138. The molecule has 0 amide bonds. The minimum Gasteiger partial charge on any atom is -0.510 e. The second-order valence-corrected chi connectivity index (χ2v) is 17.9. The van der Waals surface area contributed by atoms with Crippen molar-refractivity contribution in [1.82, 2.24) is 14.1 Å². The number of pyridine rings is 1. The first-order valence-electron chi connectivity index (χ1n) is 21.6. The summed E-state index contributed by atoms with van der Waals surface area (Å²) in [7, 11) is 0. The van der Waals surface area contributed by atoms with Crippen LogP contribution in [0.3, 0.4) is 0 Å². The third-order valence-corrected chi connectivity index (χ3v) is 12.0. The summed E-state index contributed by atoms with van der Waals surface area (Å²) in [6.45, 7) is 11.4. The van der Waals surface area contributed by atoms with E-state index in [1.165, 1.54) is 16.7 Å². The molecule has 0 atom stereocenters. The summed E-state index contributed by atoms with van der Waals surface area (Å²) in [4.78, 5) is 4.97. The molecule has 0 N–H and O–H groups in total. The molecule has 0 aliphatic heterocycles. The van der Waals surface area contributed by atoms with E-state index >= 15 is 0 Å². The first-order valence-corrected chi connectivity index (χ1v) is 21.6. The van der Waals surface area contributed by atoms with Crippen molar-refractivity contribution >= 4 is 21.8 Å². The van der Waals surface area contributed by atoms with Crippen LogP contribution in [-0.4, -0.2) is 14.1 Å². The van der Waals surface area contributed by atoms with E-state index in [2.05, 4.69) is 196 Å². The molecule has 0 aliphatic rings. The quantitative estimate of drug-likeness (QED) is 0.101. The zero-order valence-electron chi connectivity index (χ0n) is 36.6. The molecular formula is C58H48N4OPt-2. The molecule has 3 heterocycles. The zero-order chi connectivity index (χ0) is 43.1. The molecule has 0 aliphatic carbocycles. The minimum atomic E-state index is -0.0586. The molecule has 7 aromatic carbocycles. The van der Waals surface area contributed by atoms with Crippen LogP contribution in [0.5, 0.6) is 11.5 Å². The van der Waals surface area contributed by atoms with E-state index in [4.69, 9.17) is 9.72 Å². The predicted octanol–water partition coefficient (Wildman–Crippen LogP) is 13.6. The number of ether oxygens (including phenoxy) is 1. The molecule has 64 heavy (non-hydrogen) atoms. The standard InChI is InChI=1S/C58H48N4O.Pt/c1-57(2,3)45-27-30-53-52(36-45)51-29-28-48(38-54(51)62(53)55-35-41(31-32-59-55)39-58(4,5)44-21-13-8-14-22-44)63-47-24-15-23-46(37-47)60-33-34-61(40-60)56-49(42-17-9-6-10-18-42)25-16-26-50(56)43-19-11-7-12-20-43;/h6-36H,39H2,1-5H3;/q-2;. The summed E-state index contributed by atoms with van der Waals surface area (Å²) in [5.41, 5.74) is 12.1. The first kappa shape index (κ1) is 42.5. The molecule has 0 spiro atoms. The van der Waals surface area contributed by atoms with Gasteiger partial charge in [0.15, 0.2) is 0 Å². The summed E-state index contributed by atoms with van der Waals surface area (Å²) >= 11 is 0. The van der Waals surface area contributed by atoms with Gasteiger partial charge in [-0.15, -0.1) is 29.7 Å². The summed E-state index contributed by atoms with van der Waals surface area (Å²) in [5, 5.41) is 2.25. The Labute approximate surface area is 390 Å². The van der Waals surface area contributed by atoms with E-state index in [0.29, 0.717) is 11.5 Å². The average Bonchev–Trinajstić information content (AvgIpc) is 3.93. The molecule has 0 saturated heterocycles. The van der Waals surface area contributed by atoms with Crippen molar-refractivity contribution in [2.75, 3.05) is 0 Å². The number of hydrogen-bond donors (Lipinski definition) is 0. The van der Waals surface area contributed by atoms with Gasteiger partial charge in [0.25, 0.3) is 6.33 Å². The van der Waals surface area contributed by atoms with Crippen LogP contribution in [0.25, 0.3) is 61.3 Å². The van der Waals surface area contributed by atoms with Gasteiger partial charge in [-0.1, -0.05) is 161 Å². The Morgan fingerprint density at radius 1 is 0.609 bits per heavy atom. The second-order valence-electron chi connectivity index (χ2n) is 17.9. The molecule has 3 aromatic heterocycles. The van der Waals surface area contributed by atoms with Crippen molar-refractivity contribution in [3.05, 3.63) is 224 Å². The van der Waals surface area contributed by atoms with E-state index < -0.39 is 0 Å². The molecule has 5 nitrogen and oxygen atoms in total. The van der Waals surface area contributed by atoms with Gasteiger partial charge in [0, 0.05) is 56.7 Å². The average molecular weight is 1010 g/mol. The van der Waals surface area contributed by atoms with Gasteiger partial charge >= 0.3 is 0 Å². The summed E-state index contributed by atoms with van der Waals surface area (Å²) < 4.78 is 12.9. The van der Waals surface area contributed by atoms with Gasteiger partial charge in [0.1, 0.15) is 5.82 Å². The fourth-order valence-corrected chi connectivity index (χ4v) is 8.72. The second kappa shape index (κ2) is 17.4. The van der Waals surface area contributed by atoms with Crippen LogP contribution in [0.4, 0.5) is 0 Å². The SMILES string of the molecule is CC(C)(C)c1ccc2c(c1)c1ccc(Oc3[c-]c(-n4[c-][n+](-c5c(-c6ccccc6)cccc5-c5ccccc5)cc4)ccc3)[c-]c1n2-c1cc(CC(C)(C)c2ccccc2)ccn1.[Pt]. The first-order chi connectivity index (χ1) is 30.6. The third kappa shape index (κ3) is 8.36. The number of benzene rings is 7. The van der Waals surface area contributed by atoms with Crippen LogP contribution in [0.1, 0.15) is 51.3 Å². The molecular weight excluding hydrogens is 964 g/mol. The van der Waals surface area contributed by atoms with Crippen molar-refractivity contribution in [3.8, 4) is 50.9 Å². The van der Waals surface area contributed by atoms with Crippen LogP contribution in [0, 0.1) is 18.5 Å². The third-order valence-electron chi connectivity index (χ3n) is 12.0. The van der Waals surface area contributed by atoms with E-state index in [-0.39, 0.29) is 31.9 Å². The fourth-order valence-electron chi connectivity index (χ4n) is 8.72. The number of fused-ring (bicyclic) bond motifs is 3. The van der Waals surface area contributed by atoms with E-state index in [9.17, 15) is 0 Å². The Bertz CT molecular complexity index is 3180. The Morgan fingerprint density at radius 3 is 1.95 bits per heavy atom. The molecule has 318 valence electrons. The van der Waals surface area contributed by atoms with Gasteiger partial charge in [-0.2, -0.15) is 18.2 Å². The van der Waals surface area contributed by atoms with Crippen molar-refractivity contribution in [1.29, 1.82) is 0 Å². The topological polar surface area (TPSA) is 35.9 Å². The van der Waals surface area contributed by atoms with Crippen LogP contribution >= 0.6 is 0 Å². The monoisotopic (exact) mass is 1010 g/mol. The summed E-state index contributed by atoms with van der Waals surface area (Å²) in [6.07, 6.45) is 10.5. The Hall–Kier alpha value is -6.81. The number of aromatic nitrogens is 4. The Morgan fingerprint density at radius 2 is 1.27 bits per heavy atom. The summed E-state index contributed by atoms with van der Waals surface area (Å²) in [5.74, 6) is 2.02. The smallest absolute Gasteiger partial charge is 0.267 e. The number of para-hydroxylation sites is 1. The van der Waals surface area contributed by atoms with Crippen LogP contribution in [0.2, 0.25) is 0 Å². The number of imidazole rings is 1. The van der Waals surface area contributed by atoms with Crippen molar-refractivity contribution < 1.29 is 30.4 Å². The van der Waals surface area contributed by atoms with Gasteiger partial charge in [0.2, 0.25) is 0 Å². The molecule has 0 bridgehead atoms. The molecule has 0 unspecified atom stereocenters. The van der Waals surface area contributed by atoms with Crippen LogP contribution < -0.4 is 9.30 Å². The molecule has 6 heteroatoms. The van der Waals surface area contributed by atoms with Gasteiger partial charge in [-0.05, 0) is 85.5 Å². The summed E-state index contributed by atoms with van der Waals surface area (Å²) in [6, 6.07) is 66.6. The predicted molar refractivity (Wildman–Crippen MR) is 255 cm³/mol. The maximum Gasteiger partial charge on any atom is 0.267 e. The minimum absolute atomic E-state index is 0. The maximum absolute atomic E-state index is 6.62. The van der Waals surface area contributed by atoms with Crippen molar-refractivity contribution in [2.45, 2.75) is 51.9 Å². The van der Waals surface area contributed by atoms with E-state index in [1.54, 1.807) is 0 Å². The normalized spacial score (nSPS) is 11.8. The Balaban J connectivity index is 0.00000518. The van der Waals surface area contributed by atoms with Gasteiger partial charge in [0.05, 0.1) is 5.69 Å². The van der Waals surface area contributed by atoms with E-state index in [0.717, 1.165) is 67.7 Å². The molecule has 0 saturated carbocycles. The van der Waals surface area contributed by atoms with Crippen LogP contribution in [0.15, 0.2) is 188 Å². The molecule has 10 aromatic rings. The van der Waals surface area contributed by atoms with E-state index in [1.807, 2.05) is 59.6 Å². The van der Waals surface area contributed by atoms with Crippen molar-refractivity contribution in [3.63, 3.8) is 0 Å². The number of rotatable bonds is 10. The van der Waals surface area contributed by atoms with Crippen molar-refractivity contribution in [2.24, 2.45) is 0 Å². The zero-order valence-corrected chi connectivity index (χ0v) is 38.9.